The summed E-state index contributed by atoms with van der Waals surface area (Å²) in [5.74, 6) is -2.15. The number of nitrogens with zero attached hydrogens (tertiary/aromatic N) is 2. The van der Waals surface area contributed by atoms with Crippen molar-refractivity contribution in [2.45, 2.75) is 30.4 Å². The molecule has 0 radical (unpaired) electrons. The fourth-order valence-electron chi connectivity index (χ4n) is 3.58. The number of anilines is 3. The highest BCUT2D eigenvalue weighted by atomic mass is 32.2. The average molecular weight is 547 g/mol. The van der Waals surface area contributed by atoms with Gasteiger partial charge in [-0.15, -0.1) is 13.2 Å². The van der Waals surface area contributed by atoms with Gasteiger partial charge in [0.1, 0.15) is 17.3 Å². The van der Waals surface area contributed by atoms with E-state index in [2.05, 4.69) is 15.0 Å². The predicted molar refractivity (Wildman–Crippen MR) is 117 cm³/mol. The van der Waals surface area contributed by atoms with Crippen molar-refractivity contribution < 1.29 is 49.4 Å². The first-order valence-corrected chi connectivity index (χ1v) is 11.6. The number of ether oxygens (including phenoxy) is 1. The highest BCUT2D eigenvalue weighted by molar-refractivity contribution is 7.92. The van der Waals surface area contributed by atoms with Crippen LogP contribution in [0.15, 0.2) is 59.5 Å². The number of nitrogens with one attached hydrogen (secondary N) is 1. The molecule has 2 N–H and O–H groups in total. The third kappa shape index (κ3) is 5.71. The molecular formula is C22H15F6N3O5S. The number of aliphatic carboxylic acids is 1. The number of hydrogen-bond donors (Lipinski definition) is 2. The SMILES string of the molecule is O=C(O)Cc1ccc2c(c1)N(S(=O)(=O)c1ccc(OC(F)(F)F)cc1)Cc1ccc(C(F)(F)F)nc1N2. The summed E-state index contributed by atoms with van der Waals surface area (Å²) in [6, 6.07) is 8.96. The van der Waals surface area contributed by atoms with Gasteiger partial charge in [0.15, 0.2) is 0 Å². The minimum Gasteiger partial charge on any atom is -0.481 e. The number of sulfonamides is 1. The quantitative estimate of drug-likeness (QED) is 0.429. The topological polar surface area (TPSA) is 109 Å². The second kappa shape index (κ2) is 9.14. The van der Waals surface area contributed by atoms with E-state index in [0.29, 0.717) is 6.07 Å². The van der Waals surface area contributed by atoms with E-state index in [4.69, 9.17) is 5.11 Å². The van der Waals surface area contributed by atoms with Crippen LogP contribution in [0.2, 0.25) is 0 Å². The summed E-state index contributed by atoms with van der Waals surface area (Å²) in [4.78, 5) is 14.3. The van der Waals surface area contributed by atoms with Crippen LogP contribution in [-0.2, 0) is 34.0 Å². The van der Waals surface area contributed by atoms with Crippen LogP contribution >= 0.6 is 0 Å². The molecule has 37 heavy (non-hydrogen) atoms. The van der Waals surface area contributed by atoms with E-state index < -0.39 is 57.8 Å². The lowest BCUT2D eigenvalue weighted by Crippen LogP contribution is -2.30. The van der Waals surface area contributed by atoms with E-state index in [1.165, 1.54) is 18.2 Å². The van der Waals surface area contributed by atoms with Crippen LogP contribution < -0.4 is 14.4 Å². The smallest absolute Gasteiger partial charge is 0.481 e. The highest BCUT2D eigenvalue weighted by Gasteiger charge is 2.36. The number of carboxylic acid groups (broad SMARTS) is 1. The zero-order chi connectivity index (χ0) is 27.2. The number of aromatic nitrogens is 1. The van der Waals surface area contributed by atoms with Crippen LogP contribution in [0, 0.1) is 0 Å². The van der Waals surface area contributed by atoms with Crippen molar-refractivity contribution in [2.24, 2.45) is 0 Å². The molecule has 0 atom stereocenters. The minimum absolute atomic E-state index is 0.0142. The summed E-state index contributed by atoms with van der Waals surface area (Å²) < 4.78 is 109. The number of hydrogen-bond acceptors (Lipinski definition) is 6. The van der Waals surface area contributed by atoms with Crippen molar-refractivity contribution in [3.63, 3.8) is 0 Å². The average Bonchev–Trinajstić information content (AvgIpc) is 2.94. The van der Waals surface area contributed by atoms with Crippen LogP contribution in [-0.4, -0.2) is 30.8 Å². The van der Waals surface area contributed by atoms with Gasteiger partial charge in [-0.1, -0.05) is 12.1 Å². The third-order valence-corrected chi connectivity index (χ3v) is 6.94. The van der Waals surface area contributed by atoms with Gasteiger partial charge in [-0.3, -0.25) is 9.10 Å². The molecule has 0 aliphatic carbocycles. The summed E-state index contributed by atoms with van der Waals surface area (Å²) >= 11 is 0. The zero-order valence-corrected chi connectivity index (χ0v) is 19.1. The van der Waals surface area contributed by atoms with E-state index >= 15 is 0 Å². The molecule has 1 aromatic heterocycles. The Morgan fingerprint density at radius 3 is 2.30 bits per heavy atom. The van der Waals surface area contributed by atoms with Crippen LogP contribution in [0.1, 0.15) is 16.8 Å². The molecule has 1 aliphatic heterocycles. The van der Waals surface area contributed by atoms with Crippen LogP contribution in [0.25, 0.3) is 0 Å². The summed E-state index contributed by atoms with van der Waals surface area (Å²) in [7, 11) is -4.53. The molecule has 2 heterocycles. The van der Waals surface area contributed by atoms with Gasteiger partial charge in [0.05, 0.1) is 29.2 Å². The minimum atomic E-state index is -5.00. The molecule has 0 amide bonds. The van der Waals surface area contributed by atoms with Crippen molar-refractivity contribution in [3.05, 3.63) is 71.4 Å². The Kier molecular flexibility index (Phi) is 6.44. The number of alkyl halides is 6. The Morgan fingerprint density at radius 1 is 1.03 bits per heavy atom. The Morgan fingerprint density at radius 2 is 1.70 bits per heavy atom. The lowest BCUT2D eigenvalue weighted by Gasteiger charge is -2.25. The number of carboxylic acids is 1. The Balaban J connectivity index is 1.83. The highest BCUT2D eigenvalue weighted by Crippen LogP contribution is 2.40. The van der Waals surface area contributed by atoms with Gasteiger partial charge < -0.3 is 15.2 Å². The monoisotopic (exact) mass is 547 g/mol. The summed E-state index contributed by atoms with van der Waals surface area (Å²) in [5, 5.41) is 11.8. The van der Waals surface area contributed by atoms with E-state index in [9.17, 15) is 39.6 Å². The van der Waals surface area contributed by atoms with Crippen molar-refractivity contribution >= 4 is 33.2 Å². The second-order valence-electron chi connectivity index (χ2n) is 7.78. The number of rotatable bonds is 5. The van der Waals surface area contributed by atoms with Crippen LogP contribution in [0.4, 0.5) is 43.5 Å². The first-order chi connectivity index (χ1) is 17.1. The molecule has 0 unspecified atom stereocenters. The van der Waals surface area contributed by atoms with Crippen molar-refractivity contribution in [3.8, 4) is 5.75 Å². The molecule has 3 aromatic rings. The fourth-order valence-corrected chi connectivity index (χ4v) is 5.03. The van der Waals surface area contributed by atoms with Crippen molar-refractivity contribution in [1.82, 2.24) is 4.98 Å². The Labute approximate surface area is 205 Å². The lowest BCUT2D eigenvalue weighted by atomic mass is 10.1. The number of halogens is 6. The predicted octanol–water partition coefficient (Wildman–Crippen LogP) is 5.08. The fraction of sp³-hybridized carbons (Fsp3) is 0.182. The maximum Gasteiger partial charge on any atom is 0.573 e. The Hall–Kier alpha value is -4.01. The maximum atomic E-state index is 13.6. The zero-order valence-electron chi connectivity index (χ0n) is 18.3. The first-order valence-electron chi connectivity index (χ1n) is 10.2. The molecule has 0 saturated heterocycles. The van der Waals surface area contributed by atoms with Gasteiger partial charge in [0, 0.05) is 5.56 Å². The van der Waals surface area contributed by atoms with Gasteiger partial charge >= 0.3 is 18.5 Å². The first kappa shape index (κ1) is 26.1. The van der Waals surface area contributed by atoms with Gasteiger partial charge in [-0.25, -0.2) is 13.4 Å². The van der Waals surface area contributed by atoms with Crippen LogP contribution in [0.5, 0.6) is 5.75 Å². The molecular weight excluding hydrogens is 532 g/mol. The van der Waals surface area contributed by atoms with Crippen LogP contribution in [0.3, 0.4) is 0 Å². The van der Waals surface area contributed by atoms with Gasteiger partial charge in [-0.2, -0.15) is 13.2 Å². The Bertz CT molecular complexity index is 1460. The molecule has 0 bridgehead atoms. The largest absolute Gasteiger partial charge is 0.573 e. The molecule has 4 rings (SSSR count). The summed E-state index contributed by atoms with van der Waals surface area (Å²) in [6.07, 6.45) is -10.3. The number of benzene rings is 2. The molecule has 0 saturated carbocycles. The summed E-state index contributed by atoms with van der Waals surface area (Å²) in [6.45, 7) is -0.514. The molecule has 8 nitrogen and oxygen atoms in total. The molecule has 0 fully saturated rings. The lowest BCUT2D eigenvalue weighted by molar-refractivity contribution is -0.274. The second-order valence-corrected chi connectivity index (χ2v) is 9.64. The van der Waals surface area contributed by atoms with Gasteiger partial charge in [0.25, 0.3) is 10.0 Å². The van der Waals surface area contributed by atoms with E-state index in [-0.39, 0.29) is 28.3 Å². The van der Waals surface area contributed by atoms with Crippen molar-refractivity contribution in [2.75, 3.05) is 9.62 Å². The van der Waals surface area contributed by atoms with E-state index in [1.807, 2.05) is 0 Å². The van der Waals surface area contributed by atoms with E-state index in [1.54, 1.807) is 0 Å². The molecule has 0 spiro atoms. The normalized spacial score (nSPS) is 13.7. The molecule has 15 heteroatoms. The number of carbonyl (C=O) groups is 1. The summed E-state index contributed by atoms with van der Waals surface area (Å²) in [5.41, 5.74) is -1.05. The molecule has 196 valence electrons. The number of pyridine rings is 1. The van der Waals surface area contributed by atoms with Crippen molar-refractivity contribution in [1.29, 1.82) is 0 Å². The maximum absolute atomic E-state index is 13.6. The van der Waals surface area contributed by atoms with Gasteiger partial charge in [0.2, 0.25) is 0 Å². The van der Waals surface area contributed by atoms with E-state index in [0.717, 1.165) is 34.6 Å². The number of fused-ring (bicyclic) bond motifs is 2. The molecule has 2 aromatic carbocycles. The third-order valence-electron chi connectivity index (χ3n) is 5.17. The standard InChI is InChI=1S/C22H15F6N3O5S/c23-21(24,25)18-8-2-13-11-31(37(34,35)15-5-3-14(4-6-15)36-22(26,27)28)17-9-12(10-19(32)33)1-7-16(17)29-20(13)30-18/h1-9H,10-11H2,(H,29,30)(H,32,33). The molecule has 1 aliphatic rings. The van der Waals surface area contributed by atoms with Gasteiger partial charge in [-0.05, 0) is 48.0 Å².